The summed E-state index contributed by atoms with van der Waals surface area (Å²) >= 11 is 0. The van der Waals surface area contributed by atoms with E-state index in [0.29, 0.717) is 41.2 Å². The molecular formula is C30H40O9. The highest BCUT2D eigenvalue weighted by atomic mass is 16.6. The van der Waals surface area contributed by atoms with Crippen molar-refractivity contribution in [1.82, 2.24) is 0 Å². The fraction of sp³-hybridized carbons (Fsp3) is 0.500. The van der Waals surface area contributed by atoms with Gasteiger partial charge in [0.15, 0.2) is 18.2 Å². The predicted molar refractivity (Wildman–Crippen MR) is 146 cm³/mol. The van der Waals surface area contributed by atoms with E-state index >= 15 is 0 Å². The van der Waals surface area contributed by atoms with Crippen LogP contribution in [0.15, 0.2) is 24.3 Å². The first-order valence-corrected chi connectivity index (χ1v) is 13.4. The molecule has 0 saturated heterocycles. The normalized spacial score (nSPS) is 10.7. The number of ether oxygens (including phenoxy) is 5. The lowest BCUT2D eigenvalue weighted by molar-refractivity contribution is -0.145. The van der Waals surface area contributed by atoms with E-state index in [9.17, 15) is 19.5 Å². The lowest BCUT2D eigenvalue weighted by Gasteiger charge is -2.18. The van der Waals surface area contributed by atoms with Gasteiger partial charge in [0, 0.05) is 11.1 Å². The Morgan fingerprint density at radius 3 is 1.87 bits per heavy atom. The number of Topliss-reactive ketones (excluding diaryl/α,β-unsaturated/α-hetero) is 2. The van der Waals surface area contributed by atoms with E-state index in [0.717, 1.165) is 18.4 Å². The van der Waals surface area contributed by atoms with E-state index in [4.69, 9.17) is 23.7 Å². The third-order valence-corrected chi connectivity index (χ3v) is 5.83. The van der Waals surface area contributed by atoms with Gasteiger partial charge < -0.3 is 28.8 Å². The third-order valence-electron chi connectivity index (χ3n) is 5.83. The van der Waals surface area contributed by atoms with Gasteiger partial charge in [-0.15, -0.1) is 0 Å². The first kappa shape index (κ1) is 31.6. The average Bonchev–Trinajstić information content (AvgIpc) is 2.89. The van der Waals surface area contributed by atoms with Crippen LogP contribution in [0.5, 0.6) is 23.0 Å². The number of aromatic hydroxyl groups is 1. The molecule has 0 unspecified atom stereocenters. The summed E-state index contributed by atoms with van der Waals surface area (Å²) in [5.41, 5.74) is 2.04. The number of hydrogen-bond donors (Lipinski definition) is 1. The molecule has 0 bridgehead atoms. The van der Waals surface area contributed by atoms with Crippen LogP contribution in [0.1, 0.15) is 79.3 Å². The van der Waals surface area contributed by atoms with Crippen molar-refractivity contribution in [1.29, 1.82) is 0 Å². The summed E-state index contributed by atoms with van der Waals surface area (Å²) in [4.78, 5) is 35.8. The molecule has 214 valence electrons. The largest absolute Gasteiger partial charge is 0.507 e. The van der Waals surface area contributed by atoms with Gasteiger partial charge in [0.1, 0.15) is 36.2 Å². The highest BCUT2D eigenvalue weighted by Gasteiger charge is 2.19. The van der Waals surface area contributed by atoms with Gasteiger partial charge in [-0.2, -0.15) is 0 Å². The molecule has 0 saturated carbocycles. The van der Waals surface area contributed by atoms with Gasteiger partial charge in [0.2, 0.25) is 0 Å². The summed E-state index contributed by atoms with van der Waals surface area (Å²) in [5.74, 6) is 0.571. The van der Waals surface area contributed by atoms with Crippen LogP contribution in [-0.4, -0.2) is 62.3 Å². The fourth-order valence-electron chi connectivity index (χ4n) is 4.06. The fourth-order valence-corrected chi connectivity index (χ4v) is 4.06. The Hall–Kier alpha value is -3.59. The molecule has 2 aromatic rings. The Labute approximate surface area is 230 Å². The molecule has 0 amide bonds. The minimum Gasteiger partial charge on any atom is -0.507 e. The van der Waals surface area contributed by atoms with Crippen molar-refractivity contribution in [2.75, 3.05) is 39.6 Å². The Kier molecular flexibility index (Phi) is 13.3. The molecule has 0 aromatic heterocycles. The first-order chi connectivity index (χ1) is 18.7. The number of rotatable bonds is 18. The smallest absolute Gasteiger partial charge is 0.344 e. The van der Waals surface area contributed by atoms with Crippen molar-refractivity contribution in [2.45, 2.75) is 60.3 Å². The molecule has 0 aliphatic heterocycles. The highest BCUT2D eigenvalue weighted by Crippen LogP contribution is 2.35. The minimum atomic E-state index is -0.472. The molecule has 9 nitrogen and oxygen atoms in total. The number of hydrogen-bond acceptors (Lipinski definition) is 9. The van der Waals surface area contributed by atoms with Crippen LogP contribution < -0.4 is 14.2 Å². The molecule has 2 aromatic carbocycles. The maximum atomic E-state index is 12.3. The van der Waals surface area contributed by atoms with Crippen molar-refractivity contribution in [2.24, 2.45) is 0 Å². The number of carbonyl (C=O) groups is 3. The van der Waals surface area contributed by atoms with Crippen LogP contribution in [0, 0.1) is 0 Å². The second kappa shape index (κ2) is 16.4. The molecule has 0 aliphatic carbocycles. The van der Waals surface area contributed by atoms with Gasteiger partial charge in [0.25, 0.3) is 0 Å². The summed E-state index contributed by atoms with van der Waals surface area (Å²) in [6.07, 6.45) is 2.75. The first-order valence-electron chi connectivity index (χ1n) is 13.4. The van der Waals surface area contributed by atoms with Gasteiger partial charge in [-0.1, -0.05) is 26.7 Å². The highest BCUT2D eigenvalue weighted by molar-refractivity contribution is 5.98. The minimum absolute atomic E-state index is 0.0335. The van der Waals surface area contributed by atoms with Gasteiger partial charge >= 0.3 is 5.97 Å². The Bertz CT molecular complexity index is 1120. The van der Waals surface area contributed by atoms with E-state index in [1.54, 1.807) is 31.2 Å². The number of phenolic OH excluding ortho intramolecular Hbond substituents is 1. The molecular weight excluding hydrogens is 504 g/mol. The van der Waals surface area contributed by atoms with Gasteiger partial charge in [-0.3, -0.25) is 9.59 Å². The van der Waals surface area contributed by atoms with E-state index in [-0.39, 0.29) is 62.5 Å². The second-order valence-electron chi connectivity index (χ2n) is 8.87. The van der Waals surface area contributed by atoms with Crippen LogP contribution in [0.2, 0.25) is 0 Å². The number of phenols is 1. The maximum absolute atomic E-state index is 12.3. The van der Waals surface area contributed by atoms with Crippen LogP contribution in [0.4, 0.5) is 0 Å². The number of esters is 1. The Balaban J connectivity index is 1.98. The maximum Gasteiger partial charge on any atom is 0.344 e. The zero-order valence-corrected chi connectivity index (χ0v) is 23.6. The monoisotopic (exact) mass is 544 g/mol. The summed E-state index contributed by atoms with van der Waals surface area (Å²) < 4.78 is 28.1. The van der Waals surface area contributed by atoms with Crippen molar-refractivity contribution >= 4 is 17.5 Å². The third kappa shape index (κ3) is 9.28. The number of ketones is 2. The molecule has 0 radical (unpaired) electrons. The number of benzene rings is 2. The van der Waals surface area contributed by atoms with Crippen LogP contribution in [-0.2, 0) is 27.1 Å². The van der Waals surface area contributed by atoms with Crippen LogP contribution in [0.3, 0.4) is 0 Å². The molecule has 9 heteroatoms. The van der Waals surface area contributed by atoms with E-state index in [2.05, 4.69) is 0 Å². The van der Waals surface area contributed by atoms with E-state index in [1.807, 2.05) is 13.8 Å². The molecule has 0 fully saturated rings. The molecule has 1 N–H and O–H groups in total. The predicted octanol–water partition coefficient (Wildman–Crippen LogP) is 5.12. The molecule has 0 atom stereocenters. The molecule has 0 aliphatic rings. The molecule has 0 heterocycles. The molecule has 0 spiro atoms. The van der Waals surface area contributed by atoms with Crippen molar-refractivity contribution in [3.05, 3.63) is 46.5 Å². The lowest BCUT2D eigenvalue weighted by atomic mass is 10.0. The molecule has 2 rings (SSSR count). The SMILES string of the molecule is CCCc1c(OCCOCCOc2c(C(C)=O)ccc(OCC(=O)OCC)c2CCC)ccc(C(C)=O)c1O. The quantitative estimate of drug-likeness (QED) is 0.155. The van der Waals surface area contributed by atoms with Crippen molar-refractivity contribution in [3.63, 3.8) is 0 Å². The summed E-state index contributed by atoms with van der Waals surface area (Å²) in [5, 5.41) is 10.5. The standard InChI is InChI=1S/C30H40O9/c1-6-9-24-26(13-11-22(20(4)31)29(24)34)37-17-15-35-16-18-38-30-23(21(5)32)12-14-27(25(30)10-7-2)39-19-28(33)36-8-3/h11-14,34H,6-10,15-19H2,1-5H3. The van der Waals surface area contributed by atoms with Crippen molar-refractivity contribution < 1.29 is 43.2 Å². The van der Waals surface area contributed by atoms with Crippen LogP contribution in [0.25, 0.3) is 0 Å². The van der Waals surface area contributed by atoms with Crippen LogP contribution >= 0.6 is 0 Å². The molecule has 39 heavy (non-hydrogen) atoms. The van der Waals surface area contributed by atoms with Gasteiger partial charge in [-0.05, 0) is 57.9 Å². The second-order valence-corrected chi connectivity index (χ2v) is 8.87. The summed E-state index contributed by atoms with van der Waals surface area (Å²) in [7, 11) is 0. The number of carbonyl (C=O) groups excluding carboxylic acids is 3. The Morgan fingerprint density at radius 1 is 0.718 bits per heavy atom. The summed E-state index contributed by atoms with van der Waals surface area (Å²) in [6.45, 7) is 9.58. The summed E-state index contributed by atoms with van der Waals surface area (Å²) in [6, 6.07) is 6.56. The van der Waals surface area contributed by atoms with E-state index < -0.39 is 5.97 Å². The Morgan fingerprint density at radius 2 is 1.28 bits per heavy atom. The van der Waals surface area contributed by atoms with Crippen molar-refractivity contribution in [3.8, 4) is 23.0 Å². The van der Waals surface area contributed by atoms with Gasteiger partial charge in [-0.25, -0.2) is 4.79 Å². The zero-order chi connectivity index (χ0) is 28.8. The average molecular weight is 545 g/mol. The zero-order valence-electron chi connectivity index (χ0n) is 23.6. The van der Waals surface area contributed by atoms with E-state index in [1.165, 1.54) is 13.8 Å². The van der Waals surface area contributed by atoms with Gasteiger partial charge in [0.05, 0.1) is 30.9 Å². The topological polar surface area (TPSA) is 118 Å². The lowest BCUT2D eigenvalue weighted by Crippen LogP contribution is -2.17.